The van der Waals surface area contributed by atoms with Crippen LogP contribution in [0.15, 0.2) is 42.5 Å². The van der Waals surface area contributed by atoms with E-state index in [-0.39, 0.29) is 5.91 Å². The van der Waals surface area contributed by atoms with Gasteiger partial charge in [-0.1, -0.05) is 29.3 Å². The highest BCUT2D eigenvalue weighted by atomic mass is 35.5. The van der Waals surface area contributed by atoms with Crippen LogP contribution in [0, 0.1) is 5.41 Å². The van der Waals surface area contributed by atoms with Gasteiger partial charge in [0.05, 0.1) is 22.8 Å². The van der Waals surface area contributed by atoms with Crippen LogP contribution in [0.5, 0.6) is 5.75 Å². The van der Waals surface area contributed by atoms with Gasteiger partial charge >= 0.3 is 0 Å². The molecule has 2 N–H and O–H groups in total. The van der Waals surface area contributed by atoms with Crippen LogP contribution in [0.1, 0.15) is 12.8 Å². The first-order chi connectivity index (χ1) is 12.0. The summed E-state index contributed by atoms with van der Waals surface area (Å²) < 4.78 is 5.08. The van der Waals surface area contributed by atoms with Gasteiger partial charge in [0.25, 0.3) is 0 Å². The number of carbonyl (C=O) groups excluding carboxylic acids is 2. The predicted octanol–water partition coefficient (Wildman–Crippen LogP) is 4.36. The fourth-order valence-electron chi connectivity index (χ4n) is 2.46. The number of methoxy groups -OCH3 is 1. The molecule has 2 amide bonds. The number of hydrogen-bond donors (Lipinski definition) is 2. The summed E-state index contributed by atoms with van der Waals surface area (Å²) in [5, 5.41) is 6.11. The second-order valence-electron chi connectivity index (χ2n) is 5.82. The number of ether oxygens (including phenoxy) is 1. The number of halogens is 2. The first-order valence-electron chi connectivity index (χ1n) is 7.67. The molecule has 0 unspecified atom stereocenters. The van der Waals surface area contributed by atoms with E-state index in [2.05, 4.69) is 10.6 Å². The predicted molar refractivity (Wildman–Crippen MR) is 98.4 cm³/mol. The average molecular weight is 379 g/mol. The Bertz CT molecular complexity index is 797. The summed E-state index contributed by atoms with van der Waals surface area (Å²) in [5.74, 6) is -0.0721. The zero-order valence-corrected chi connectivity index (χ0v) is 14.9. The number of amides is 2. The van der Waals surface area contributed by atoms with Crippen LogP contribution < -0.4 is 15.4 Å². The Morgan fingerprint density at radius 1 is 0.960 bits per heavy atom. The molecule has 25 heavy (non-hydrogen) atoms. The Kier molecular flexibility index (Phi) is 4.88. The number of nitrogens with one attached hydrogen (secondary N) is 2. The molecule has 0 bridgehead atoms. The number of para-hydroxylation sites is 1. The van der Waals surface area contributed by atoms with Gasteiger partial charge in [0.15, 0.2) is 0 Å². The van der Waals surface area contributed by atoms with Gasteiger partial charge in [-0.15, -0.1) is 0 Å². The van der Waals surface area contributed by atoms with E-state index in [0.717, 1.165) is 0 Å². The number of carbonyl (C=O) groups is 2. The summed E-state index contributed by atoms with van der Waals surface area (Å²) in [6.07, 6.45) is 0.950. The molecule has 1 aliphatic rings. The van der Waals surface area contributed by atoms with Crippen molar-refractivity contribution in [1.29, 1.82) is 0 Å². The molecule has 0 aliphatic heterocycles. The van der Waals surface area contributed by atoms with Gasteiger partial charge in [-0.2, -0.15) is 0 Å². The van der Waals surface area contributed by atoms with Gasteiger partial charge in [0, 0.05) is 5.69 Å². The summed E-state index contributed by atoms with van der Waals surface area (Å²) in [4.78, 5) is 25.2. The van der Waals surface area contributed by atoms with Crippen molar-refractivity contribution in [2.75, 3.05) is 17.7 Å². The Morgan fingerprint density at radius 3 is 2.04 bits per heavy atom. The van der Waals surface area contributed by atoms with Crippen LogP contribution >= 0.6 is 23.2 Å². The highest BCUT2D eigenvalue weighted by Crippen LogP contribution is 2.48. The van der Waals surface area contributed by atoms with Crippen molar-refractivity contribution in [3.8, 4) is 5.75 Å². The van der Waals surface area contributed by atoms with Gasteiger partial charge < -0.3 is 15.4 Å². The van der Waals surface area contributed by atoms with Gasteiger partial charge in [0.1, 0.15) is 11.2 Å². The van der Waals surface area contributed by atoms with E-state index in [9.17, 15) is 9.59 Å². The molecule has 2 aromatic rings. The molecule has 2 aromatic carbocycles. The molecule has 0 atom stereocenters. The topological polar surface area (TPSA) is 67.4 Å². The minimum Gasteiger partial charge on any atom is -0.497 e. The molecule has 7 heteroatoms. The normalized spacial score (nSPS) is 14.5. The minimum absolute atomic E-state index is 0.319. The molecule has 1 fully saturated rings. The lowest BCUT2D eigenvalue weighted by atomic mass is 10.0. The van der Waals surface area contributed by atoms with Crippen molar-refractivity contribution in [2.45, 2.75) is 12.8 Å². The van der Waals surface area contributed by atoms with Gasteiger partial charge in [0.2, 0.25) is 11.8 Å². The molecule has 5 nitrogen and oxygen atoms in total. The third-order valence-electron chi connectivity index (χ3n) is 4.17. The van der Waals surface area contributed by atoms with E-state index in [1.165, 1.54) is 0 Å². The van der Waals surface area contributed by atoms with E-state index in [1.54, 1.807) is 49.6 Å². The second kappa shape index (κ2) is 6.94. The summed E-state index contributed by atoms with van der Waals surface area (Å²) in [5.41, 5.74) is -0.178. The summed E-state index contributed by atoms with van der Waals surface area (Å²) in [6, 6.07) is 11.8. The van der Waals surface area contributed by atoms with Crippen molar-refractivity contribution < 1.29 is 14.3 Å². The summed E-state index contributed by atoms with van der Waals surface area (Å²) >= 11 is 12.1. The van der Waals surface area contributed by atoms with Crippen molar-refractivity contribution in [3.63, 3.8) is 0 Å². The molecular formula is C18H16Cl2N2O3. The number of benzene rings is 2. The fourth-order valence-corrected chi connectivity index (χ4v) is 2.95. The van der Waals surface area contributed by atoms with Crippen molar-refractivity contribution in [2.24, 2.45) is 5.41 Å². The zero-order valence-electron chi connectivity index (χ0n) is 13.4. The number of anilines is 2. The van der Waals surface area contributed by atoms with Crippen molar-refractivity contribution in [1.82, 2.24) is 0 Å². The Hall–Kier alpha value is -2.24. The van der Waals surface area contributed by atoms with Crippen LogP contribution in [0.4, 0.5) is 11.4 Å². The highest BCUT2D eigenvalue weighted by Gasteiger charge is 2.56. The van der Waals surface area contributed by atoms with Crippen molar-refractivity contribution >= 4 is 46.4 Å². The summed E-state index contributed by atoms with van der Waals surface area (Å²) in [6.45, 7) is 0. The fraction of sp³-hybridized carbons (Fsp3) is 0.222. The number of rotatable bonds is 5. The molecule has 3 rings (SSSR count). The molecule has 1 saturated carbocycles. The first-order valence-corrected chi connectivity index (χ1v) is 8.43. The maximum Gasteiger partial charge on any atom is 0.240 e. The molecule has 0 heterocycles. The van der Waals surface area contributed by atoms with E-state index in [1.807, 2.05) is 0 Å². The van der Waals surface area contributed by atoms with E-state index in [0.29, 0.717) is 40.0 Å². The molecule has 0 aromatic heterocycles. The first kappa shape index (κ1) is 17.6. The third kappa shape index (κ3) is 3.57. The molecule has 0 saturated heterocycles. The largest absolute Gasteiger partial charge is 0.497 e. The Morgan fingerprint density at radius 2 is 1.52 bits per heavy atom. The van der Waals surface area contributed by atoms with E-state index in [4.69, 9.17) is 27.9 Å². The van der Waals surface area contributed by atoms with Crippen LogP contribution in [0.3, 0.4) is 0 Å². The van der Waals surface area contributed by atoms with Crippen LogP contribution in [-0.2, 0) is 9.59 Å². The van der Waals surface area contributed by atoms with E-state index < -0.39 is 11.3 Å². The quantitative estimate of drug-likeness (QED) is 0.759. The maximum absolute atomic E-state index is 12.6. The lowest BCUT2D eigenvalue weighted by Gasteiger charge is -2.17. The van der Waals surface area contributed by atoms with Crippen LogP contribution in [-0.4, -0.2) is 18.9 Å². The minimum atomic E-state index is -1.09. The lowest BCUT2D eigenvalue weighted by Crippen LogP contribution is -2.35. The lowest BCUT2D eigenvalue weighted by molar-refractivity contribution is -0.131. The molecule has 0 radical (unpaired) electrons. The van der Waals surface area contributed by atoms with Crippen LogP contribution in [0.2, 0.25) is 10.0 Å². The number of hydrogen-bond acceptors (Lipinski definition) is 3. The van der Waals surface area contributed by atoms with E-state index >= 15 is 0 Å². The zero-order chi connectivity index (χ0) is 18.0. The SMILES string of the molecule is COc1ccc(NC(=O)C2(C(=O)Nc3c(Cl)cccc3Cl)CC2)cc1. The maximum atomic E-state index is 12.6. The smallest absolute Gasteiger partial charge is 0.240 e. The standard InChI is InChI=1S/C18H16Cl2N2O3/c1-25-12-7-5-11(6-8-12)21-16(23)18(9-10-18)17(24)22-15-13(19)3-2-4-14(15)20/h2-8H,9-10H2,1H3,(H,21,23)(H,22,24). The molecule has 130 valence electrons. The Labute approximate surface area is 155 Å². The monoisotopic (exact) mass is 378 g/mol. The van der Waals surface area contributed by atoms with Gasteiger partial charge in [-0.25, -0.2) is 0 Å². The highest BCUT2D eigenvalue weighted by molar-refractivity contribution is 6.40. The summed E-state index contributed by atoms with van der Waals surface area (Å²) in [7, 11) is 1.57. The average Bonchev–Trinajstić information content (AvgIpc) is 3.41. The molecule has 0 spiro atoms. The molecule has 1 aliphatic carbocycles. The Balaban J connectivity index is 1.72. The third-order valence-corrected chi connectivity index (χ3v) is 4.80. The van der Waals surface area contributed by atoms with Crippen LogP contribution in [0.25, 0.3) is 0 Å². The van der Waals surface area contributed by atoms with Crippen molar-refractivity contribution in [3.05, 3.63) is 52.5 Å². The van der Waals surface area contributed by atoms with Gasteiger partial charge in [-0.3, -0.25) is 9.59 Å². The van der Waals surface area contributed by atoms with Gasteiger partial charge in [-0.05, 0) is 49.2 Å². The molecular weight excluding hydrogens is 363 g/mol. The second-order valence-corrected chi connectivity index (χ2v) is 6.63.